The second-order valence-corrected chi connectivity index (χ2v) is 9.58. The highest BCUT2D eigenvalue weighted by Crippen LogP contribution is 2.31. The van der Waals surface area contributed by atoms with Gasteiger partial charge in [0.25, 0.3) is 0 Å². The summed E-state index contributed by atoms with van der Waals surface area (Å²) in [5, 5.41) is 3.05. The Morgan fingerprint density at radius 1 is 1.00 bits per heavy atom. The minimum Gasteiger partial charge on any atom is -0.465 e. The topological polar surface area (TPSA) is 119 Å². The van der Waals surface area contributed by atoms with Gasteiger partial charge in [-0.25, -0.2) is 18.0 Å². The monoisotopic (exact) mass is 516 g/mol. The largest absolute Gasteiger partial charge is 0.465 e. The average molecular weight is 517 g/mol. The maximum Gasteiger partial charge on any atom is 0.339 e. The number of benzene rings is 2. The number of rotatable bonds is 9. The number of carbonyl (C=O) groups excluding carboxylic acids is 3. The number of hydrogen-bond donors (Lipinski definition) is 1. The number of carbonyl (C=O) groups is 3. The molecule has 0 heterocycles. The number of amides is 1. The van der Waals surface area contributed by atoms with Crippen molar-refractivity contribution in [2.75, 3.05) is 36.6 Å². The van der Waals surface area contributed by atoms with Gasteiger partial charge in [-0.3, -0.25) is 9.10 Å². The van der Waals surface area contributed by atoms with Crippen LogP contribution in [-0.2, 0) is 24.3 Å². The van der Waals surface area contributed by atoms with Crippen LogP contribution in [0.1, 0.15) is 33.6 Å². The number of hydrogen-bond acceptors (Lipinski definition) is 7. The van der Waals surface area contributed by atoms with Crippen molar-refractivity contribution in [2.45, 2.75) is 12.8 Å². The summed E-state index contributed by atoms with van der Waals surface area (Å²) >= 11 is 12.1. The van der Waals surface area contributed by atoms with E-state index in [1.807, 2.05) is 0 Å². The first-order valence-electron chi connectivity index (χ1n) is 9.51. The Morgan fingerprint density at radius 3 is 2.27 bits per heavy atom. The van der Waals surface area contributed by atoms with Crippen molar-refractivity contribution in [2.24, 2.45) is 0 Å². The quantitative estimate of drug-likeness (QED) is 0.503. The first-order valence-corrected chi connectivity index (χ1v) is 12.1. The molecule has 0 saturated carbocycles. The fourth-order valence-electron chi connectivity index (χ4n) is 2.92. The molecule has 2 aromatic carbocycles. The zero-order valence-electron chi connectivity index (χ0n) is 18.1. The van der Waals surface area contributed by atoms with Crippen LogP contribution in [0.5, 0.6) is 0 Å². The fraction of sp³-hybridized carbons (Fsp3) is 0.286. The highest BCUT2D eigenvalue weighted by molar-refractivity contribution is 7.92. The van der Waals surface area contributed by atoms with Crippen LogP contribution in [0, 0.1) is 0 Å². The smallest absolute Gasteiger partial charge is 0.339 e. The van der Waals surface area contributed by atoms with E-state index < -0.39 is 27.9 Å². The van der Waals surface area contributed by atoms with Crippen molar-refractivity contribution in [3.05, 3.63) is 57.6 Å². The van der Waals surface area contributed by atoms with Gasteiger partial charge in [0.2, 0.25) is 15.9 Å². The van der Waals surface area contributed by atoms with E-state index in [0.717, 1.165) is 10.6 Å². The van der Waals surface area contributed by atoms with E-state index in [1.54, 1.807) is 0 Å². The molecule has 0 aliphatic heterocycles. The SMILES string of the molecule is COC(=O)c1ccc(C(=O)OC)c(NC(=O)CCCN(c2cc(Cl)ccc2Cl)S(C)(=O)=O)c1. The summed E-state index contributed by atoms with van der Waals surface area (Å²) in [7, 11) is -1.32. The molecule has 0 saturated heterocycles. The molecule has 0 aromatic heterocycles. The van der Waals surface area contributed by atoms with Crippen LogP contribution < -0.4 is 9.62 Å². The third-order valence-electron chi connectivity index (χ3n) is 4.46. The van der Waals surface area contributed by atoms with Crippen molar-refractivity contribution in [3.63, 3.8) is 0 Å². The number of sulfonamides is 1. The molecule has 0 radical (unpaired) electrons. The van der Waals surface area contributed by atoms with Gasteiger partial charge in [-0.1, -0.05) is 23.2 Å². The van der Waals surface area contributed by atoms with E-state index in [2.05, 4.69) is 10.1 Å². The summed E-state index contributed by atoms with van der Waals surface area (Å²) in [5.41, 5.74) is 0.430. The van der Waals surface area contributed by atoms with Crippen LogP contribution in [0.25, 0.3) is 0 Å². The van der Waals surface area contributed by atoms with Gasteiger partial charge in [0.15, 0.2) is 0 Å². The standard InChI is InChI=1S/C21H22Cl2N2O7S/c1-31-20(27)13-6-8-15(21(28)32-2)17(11-13)24-19(26)5-4-10-25(33(3,29)30)18-12-14(22)7-9-16(18)23/h6-9,11-12H,4-5,10H2,1-3H3,(H,24,26). The lowest BCUT2D eigenvalue weighted by molar-refractivity contribution is -0.116. The molecule has 0 bridgehead atoms. The lowest BCUT2D eigenvalue weighted by atomic mass is 10.1. The summed E-state index contributed by atoms with van der Waals surface area (Å²) in [6.45, 7) is -0.0433. The molecule has 0 unspecified atom stereocenters. The first-order chi connectivity index (χ1) is 15.5. The third-order valence-corrected chi connectivity index (χ3v) is 6.20. The fourth-order valence-corrected chi connectivity index (χ4v) is 4.32. The zero-order chi connectivity index (χ0) is 24.8. The van der Waals surface area contributed by atoms with Gasteiger partial charge in [-0.05, 0) is 42.8 Å². The molecule has 0 aliphatic carbocycles. The number of ether oxygens (including phenoxy) is 2. The Bertz CT molecular complexity index is 1170. The number of halogens is 2. The predicted molar refractivity (Wildman–Crippen MR) is 126 cm³/mol. The maximum atomic E-state index is 12.5. The lowest BCUT2D eigenvalue weighted by Crippen LogP contribution is -2.31. The maximum absolute atomic E-state index is 12.5. The Kier molecular flexibility index (Phi) is 9.09. The minimum absolute atomic E-state index is 0.0433. The molecular formula is C21H22Cl2N2O7S. The van der Waals surface area contributed by atoms with Gasteiger partial charge in [-0.2, -0.15) is 0 Å². The molecule has 1 amide bonds. The Hall–Kier alpha value is -2.82. The molecule has 2 aromatic rings. The van der Waals surface area contributed by atoms with Crippen molar-refractivity contribution in [1.29, 1.82) is 0 Å². The highest BCUT2D eigenvalue weighted by atomic mass is 35.5. The summed E-state index contributed by atoms with van der Waals surface area (Å²) < 4.78 is 35.0. The molecule has 178 valence electrons. The molecule has 0 fully saturated rings. The summed E-state index contributed by atoms with van der Waals surface area (Å²) in [6, 6.07) is 8.43. The van der Waals surface area contributed by atoms with E-state index in [0.29, 0.717) is 5.02 Å². The number of nitrogens with one attached hydrogen (secondary N) is 1. The van der Waals surface area contributed by atoms with E-state index in [1.165, 1.54) is 50.6 Å². The molecule has 2 rings (SSSR count). The second kappa shape index (κ2) is 11.4. The highest BCUT2D eigenvalue weighted by Gasteiger charge is 2.21. The van der Waals surface area contributed by atoms with Crippen LogP contribution in [0.4, 0.5) is 11.4 Å². The number of methoxy groups -OCH3 is 2. The van der Waals surface area contributed by atoms with Crippen molar-refractivity contribution >= 4 is 62.4 Å². The second-order valence-electron chi connectivity index (χ2n) is 6.83. The van der Waals surface area contributed by atoms with Gasteiger partial charge in [0, 0.05) is 18.0 Å². The Morgan fingerprint density at radius 2 is 1.67 bits per heavy atom. The van der Waals surface area contributed by atoms with E-state index >= 15 is 0 Å². The van der Waals surface area contributed by atoms with Gasteiger partial charge in [0.1, 0.15) is 0 Å². The molecule has 12 heteroatoms. The van der Waals surface area contributed by atoms with Crippen LogP contribution >= 0.6 is 23.2 Å². The predicted octanol–water partition coefficient (Wildman–Crippen LogP) is 3.75. The van der Waals surface area contributed by atoms with Gasteiger partial charge >= 0.3 is 11.9 Å². The van der Waals surface area contributed by atoms with Gasteiger partial charge < -0.3 is 14.8 Å². The average Bonchev–Trinajstić information content (AvgIpc) is 2.76. The minimum atomic E-state index is -3.71. The van der Waals surface area contributed by atoms with Gasteiger partial charge in [-0.15, -0.1) is 0 Å². The van der Waals surface area contributed by atoms with Crippen LogP contribution in [0.2, 0.25) is 10.0 Å². The molecule has 0 aliphatic rings. The Balaban J connectivity index is 2.16. The summed E-state index contributed by atoms with van der Waals surface area (Å²) in [4.78, 5) is 36.3. The molecule has 33 heavy (non-hydrogen) atoms. The number of anilines is 2. The van der Waals surface area contributed by atoms with Crippen molar-refractivity contribution in [3.8, 4) is 0 Å². The van der Waals surface area contributed by atoms with Crippen molar-refractivity contribution < 1.29 is 32.3 Å². The lowest BCUT2D eigenvalue weighted by Gasteiger charge is -2.23. The van der Waals surface area contributed by atoms with Crippen LogP contribution in [0.3, 0.4) is 0 Å². The molecule has 0 atom stereocenters. The summed E-state index contributed by atoms with van der Waals surface area (Å²) in [5.74, 6) is -1.86. The summed E-state index contributed by atoms with van der Waals surface area (Å²) in [6.07, 6.45) is 1.06. The van der Waals surface area contributed by atoms with Crippen molar-refractivity contribution in [1.82, 2.24) is 0 Å². The number of nitrogens with zero attached hydrogens (tertiary/aromatic N) is 1. The van der Waals surface area contributed by atoms with Crippen LogP contribution in [0.15, 0.2) is 36.4 Å². The zero-order valence-corrected chi connectivity index (χ0v) is 20.4. The van der Waals surface area contributed by atoms with Gasteiger partial charge in [0.05, 0.1) is 48.0 Å². The molecule has 0 spiro atoms. The normalized spacial score (nSPS) is 10.9. The van der Waals surface area contributed by atoms with Crippen LogP contribution in [-0.4, -0.2) is 53.3 Å². The van der Waals surface area contributed by atoms with E-state index in [-0.39, 0.29) is 46.9 Å². The van der Waals surface area contributed by atoms with E-state index in [9.17, 15) is 22.8 Å². The van der Waals surface area contributed by atoms with E-state index in [4.69, 9.17) is 27.9 Å². The number of esters is 2. The molecular weight excluding hydrogens is 495 g/mol. The molecule has 1 N–H and O–H groups in total. The first kappa shape index (κ1) is 26.4. The Labute approximate surface area is 201 Å². The molecule has 9 nitrogen and oxygen atoms in total. The third kappa shape index (κ3) is 7.08.